The number of esters is 1. The topological polar surface area (TPSA) is 120 Å². The Labute approximate surface area is 215 Å². The van der Waals surface area contributed by atoms with Crippen LogP contribution in [0.2, 0.25) is 0 Å². The molecule has 2 heterocycles. The van der Waals surface area contributed by atoms with Crippen molar-refractivity contribution in [1.29, 1.82) is 0 Å². The molecule has 0 saturated heterocycles. The Morgan fingerprint density at radius 2 is 1.79 bits per heavy atom. The van der Waals surface area contributed by atoms with Crippen LogP contribution in [0.1, 0.15) is 57.8 Å². The quantitative estimate of drug-likeness (QED) is 0.137. The lowest BCUT2D eigenvalue weighted by atomic mass is 9.98. The third-order valence-corrected chi connectivity index (χ3v) is 6.36. The van der Waals surface area contributed by atoms with Gasteiger partial charge in [0.25, 0.3) is 11.6 Å². The van der Waals surface area contributed by atoms with Crippen molar-refractivity contribution in [2.75, 3.05) is 11.5 Å². The second-order valence-corrected chi connectivity index (χ2v) is 8.78. The number of non-ortho nitro benzene ring substituents is 1. The molecule has 5 rings (SSSR count). The van der Waals surface area contributed by atoms with Gasteiger partial charge in [-0.25, -0.2) is 9.18 Å². The maximum Gasteiger partial charge on any atom is 0.338 e. The second-order valence-electron chi connectivity index (χ2n) is 8.78. The molecule has 38 heavy (non-hydrogen) atoms. The van der Waals surface area contributed by atoms with E-state index in [0.717, 1.165) is 25.0 Å². The van der Waals surface area contributed by atoms with Gasteiger partial charge in [-0.05, 0) is 66.6 Å². The van der Waals surface area contributed by atoms with Crippen LogP contribution in [0.25, 0.3) is 11.0 Å². The number of hydrogen-bond acceptors (Lipinski definition) is 7. The maximum atomic E-state index is 14.0. The van der Waals surface area contributed by atoms with Crippen molar-refractivity contribution in [2.24, 2.45) is 0 Å². The third kappa shape index (κ3) is 4.30. The highest BCUT2D eigenvalue weighted by molar-refractivity contribution is 6.10. The predicted octanol–water partition coefficient (Wildman–Crippen LogP) is 5.55. The first-order valence-corrected chi connectivity index (χ1v) is 11.9. The molecule has 1 atom stereocenters. The zero-order chi connectivity index (χ0) is 27.0. The molecule has 4 aromatic rings. The molecular formula is C28H21FN2O7. The first-order chi connectivity index (χ1) is 18.3. The summed E-state index contributed by atoms with van der Waals surface area (Å²) in [6.45, 7) is 2.27. The number of fused-ring (bicyclic) bond motifs is 2. The van der Waals surface area contributed by atoms with Crippen LogP contribution in [0.3, 0.4) is 0 Å². The Kier molecular flexibility index (Phi) is 6.46. The van der Waals surface area contributed by atoms with E-state index in [1.165, 1.54) is 47.4 Å². The zero-order valence-corrected chi connectivity index (χ0v) is 20.2. The van der Waals surface area contributed by atoms with Crippen molar-refractivity contribution >= 4 is 34.2 Å². The third-order valence-electron chi connectivity index (χ3n) is 6.36. The maximum absolute atomic E-state index is 14.0. The monoisotopic (exact) mass is 516 g/mol. The van der Waals surface area contributed by atoms with E-state index in [9.17, 15) is 28.9 Å². The van der Waals surface area contributed by atoms with Crippen LogP contribution in [-0.4, -0.2) is 23.4 Å². The van der Waals surface area contributed by atoms with Crippen molar-refractivity contribution < 1.29 is 28.1 Å². The molecule has 1 aromatic heterocycles. The molecule has 0 bridgehead atoms. The molecule has 0 spiro atoms. The summed E-state index contributed by atoms with van der Waals surface area (Å²) in [6.07, 6.45) is 1.61. The lowest BCUT2D eigenvalue weighted by Gasteiger charge is -2.25. The summed E-state index contributed by atoms with van der Waals surface area (Å²) in [5, 5.41) is 11.1. The number of nitro groups is 1. The molecule has 1 aliphatic rings. The van der Waals surface area contributed by atoms with Crippen LogP contribution >= 0.6 is 0 Å². The van der Waals surface area contributed by atoms with E-state index in [1.807, 2.05) is 6.92 Å². The van der Waals surface area contributed by atoms with Crippen LogP contribution in [0.15, 0.2) is 75.9 Å². The number of amides is 1. The summed E-state index contributed by atoms with van der Waals surface area (Å²) in [5.74, 6) is -1.97. The number of benzene rings is 3. The van der Waals surface area contributed by atoms with Gasteiger partial charge in [0, 0.05) is 17.8 Å². The standard InChI is InChI=1S/C28H21FN2O7/c1-2-3-14-37-28(34)17-6-9-19(10-7-17)30-24(16-4-11-20(12-5-16)31(35)36)23-25(32)21-15-18(29)8-13-22(21)38-26(23)27(30)33/h4-13,15,24H,2-3,14H2,1H3. The molecule has 3 aromatic carbocycles. The highest BCUT2D eigenvalue weighted by Crippen LogP contribution is 2.41. The molecule has 0 fully saturated rings. The first kappa shape index (κ1) is 24.8. The zero-order valence-electron chi connectivity index (χ0n) is 20.2. The van der Waals surface area contributed by atoms with E-state index in [-0.39, 0.29) is 33.5 Å². The Balaban J connectivity index is 1.62. The number of halogens is 1. The largest absolute Gasteiger partial charge is 0.462 e. The van der Waals surface area contributed by atoms with E-state index < -0.39 is 34.1 Å². The molecule has 0 aliphatic carbocycles. The fourth-order valence-electron chi connectivity index (χ4n) is 4.46. The van der Waals surface area contributed by atoms with Crippen LogP contribution in [0, 0.1) is 15.9 Å². The average molecular weight is 516 g/mol. The molecule has 1 amide bonds. The van der Waals surface area contributed by atoms with Gasteiger partial charge < -0.3 is 9.15 Å². The molecule has 1 unspecified atom stereocenters. The van der Waals surface area contributed by atoms with E-state index in [2.05, 4.69) is 0 Å². The predicted molar refractivity (Wildman–Crippen MR) is 136 cm³/mol. The van der Waals surface area contributed by atoms with Gasteiger partial charge in [-0.1, -0.05) is 13.3 Å². The van der Waals surface area contributed by atoms with E-state index >= 15 is 0 Å². The van der Waals surface area contributed by atoms with Gasteiger partial charge in [-0.3, -0.25) is 24.6 Å². The van der Waals surface area contributed by atoms with Gasteiger partial charge in [0.1, 0.15) is 11.4 Å². The number of unbranched alkanes of at least 4 members (excludes halogenated alkanes) is 1. The first-order valence-electron chi connectivity index (χ1n) is 11.9. The van der Waals surface area contributed by atoms with Gasteiger partial charge >= 0.3 is 5.97 Å². The van der Waals surface area contributed by atoms with Gasteiger partial charge in [-0.2, -0.15) is 0 Å². The molecule has 0 N–H and O–H groups in total. The molecule has 0 radical (unpaired) electrons. The highest BCUT2D eigenvalue weighted by Gasteiger charge is 2.43. The van der Waals surface area contributed by atoms with Crippen molar-refractivity contribution in [3.8, 4) is 0 Å². The second kappa shape index (κ2) is 9.89. The Bertz CT molecular complexity index is 1630. The lowest BCUT2D eigenvalue weighted by molar-refractivity contribution is -0.384. The average Bonchev–Trinajstić information content (AvgIpc) is 3.21. The highest BCUT2D eigenvalue weighted by atomic mass is 19.1. The molecule has 9 nitrogen and oxygen atoms in total. The van der Waals surface area contributed by atoms with Gasteiger partial charge in [0.05, 0.1) is 34.1 Å². The van der Waals surface area contributed by atoms with Gasteiger partial charge in [-0.15, -0.1) is 0 Å². The minimum atomic E-state index is -1.01. The number of rotatable bonds is 7. The van der Waals surface area contributed by atoms with Crippen molar-refractivity contribution in [3.05, 3.63) is 115 Å². The minimum absolute atomic E-state index is 0.00925. The Hall–Kier alpha value is -4.86. The van der Waals surface area contributed by atoms with Crippen molar-refractivity contribution in [2.45, 2.75) is 25.8 Å². The Morgan fingerprint density at radius 3 is 2.45 bits per heavy atom. The number of carbonyl (C=O) groups excluding carboxylic acids is 2. The van der Waals surface area contributed by atoms with Crippen LogP contribution in [0.5, 0.6) is 0 Å². The van der Waals surface area contributed by atoms with Gasteiger partial charge in [0.2, 0.25) is 5.76 Å². The van der Waals surface area contributed by atoms with E-state index in [1.54, 1.807) is 12.1 Å². The summed E-state index contributed by atoms with van der Waals surface area (Å²) in [5.41, 5.74) is 0.345. The van der Waals surface area contributed by atoms with Crippen LogP contribution < -0.4 is 10.3 Å². The lowest BCUT2D eigenvalue weighted by Crippen LogP contribution is -2.29. The molecule has 1 aliphatic heterocycles. The number of anilines is 1. The number of nitro benzene ring substituents is 1. The Morgan fingerprint density at radius 1 is 1.08 bits per heavy atom. The van der Waals surface area contributed by atoms with Crippen molar-refractivity contribution in [1.82, 2.24) is 0 Å². The number of nitrogens with zero attached hydrogens (tertiary/aromatic N) is 2. The minimum Gasteiger partial charge on any atom is -0.462 e. The van der Waals surface area contributed by atoms with E-state index in [0.29, 0.717) is 17.9 Å². The van der Waals surface area contributed by atoms with Crippen molar-refractivity contribution in [3.63, 3.8) is 0 Å². The fourth-order valence-corrected chi connectivity index (χ4v) is 4.46. The summed E-state index contributed by atoms with van der Waals surface area (Å²) in [4.78, 5) is 51.4. The SMILES string of the molecule is CCCCOC(=O)c1ccc(N2C(=O)c3oc4ccc(F)cc4c(=O)c3C2c2ccc([N+](=O)[O-])cc2)cc1. The summed E-state index contributed by atoms with van der Waals surface area (Å²) >= 11 is 0. The number of hydrogen-bond donors (Lipinski definition) is 0. The molecular weight excluding hydrogens is 495 g/mol. The van der Waals surface area contributed by atoms with Crippen LogP contribution in [-0.2, 0) is 4.74 Å². The molecule has 0 saturated carbocycles. The van der Waals surface area contributed by atoms with E-state index in [4.69, 9.17) is 9.15 Å². The smallest absolute Gasteiger partial charge is 0.338 e. The summed E-state index contributed by atoms with van der Waals surface area (Å²) in [6, 6.07) is 14.0. The molecule has 192 valence electrons. The number of ether oxygens (including phenoxy) is 1. The number of carbonyl (C=O) groups is 2. The fraction of sp³-hybridized carbons (Fsp3) is 0.179. The van der Waals surface area contributed by atoms with Crippen LogP contribution in [0.4, 0.5) is 15.8 Å². The van der Waals surface area contributed by atoms with Gasteiger partial charge in [0.15, 0.2) is 5.43 Å². The summed E-state index contributed by atoms with van der Waals surface area (Å²) in [7, 11) is 0. The summed E-state index contributed by atoms with van der Waals surface area (Å²) < 4.78 is 25.0. The normalized spacial score (nSPS) is 14.5. The molecule has 10 heteroatoms.